The van der Waals surface area contributed by atoms with E-state index >= 15 is 0 Å². The van der Waals surface area contributed by atoms with Crippen molar-refractivity contribution in [2.24, 2.45) is 16.2 Å². The third kappa shape index (κ3) is 10.7. The summed E-state index contributed by atoms with van der Waals surface area (Å²) < 4.78 is 0. The maximum Gasteiger partial charge on any atom is 0.0597 e. The average molecular weight is 286 g/mol. The molecule has 0 heterocycles. The van der Waals surface area contributed by atoms with E-state index in [9.17, 15) is 5.11 Å². The van der Waals surface area contributed by atoms with Crippen LogP contribution in [0.3, 0.4) is 0 Å². The van der Waals surface area contributed by atoms with Gasteiger partial charge in [-0.1, -0.05) is 48.5 Å². The average Bonchev–Trinajstić information content (AvgIpc) is 1.86. The van der Waals surface area contributed by atoms with Crippen molar-refractivity contribution >= 4 is 0 Å². The van der Waals surface area contributed by atoms with Crippen LogP contribution in [0.1, 0.15) is 75.2 Å². The molecule has 0 saturated carbocycles. The van der Waals surface area contributed by atoms with Crippen LogP contribution in [0.5, 0.6) is 0 Å². The van der Waals surface area contributed by atoms with Gasteiger partial charge in [0.1, 0.15) is 0 Å². The summed E-state index contributed by atoms with van der Waals surface area (Å²) in [5.41, 5.74) is 0.223. The molecule has 0 atom stereocenters. The van der Waals surface area contributed by atoms with Crippen molar-refractivity contribution in [2.75, 3.05) is 20.1 Å². The summed E-state index contributed by atoms with van der Waals surface area (Å²) in [5, 5.41) is 10.0. The molecule has 0 aromatic rings. The van der Waals surface area contributed by atoms with E-state index in [1.807, 2.05) is 13.8 Å². The minimum absolute atomic E-state index is 0.130. The maximum absolute atomic E-state index is 10.0. The molecule has 0 spiro atoms. The Balaban J connectivity index is 4.52. The molecule has 0 amide bonds. The Hall–Kier alpha value is -0.0800. The Bertz CT molecular complexity index is 262. The van der Waals surface area contributed by atoms with Gasteiger partial charge in [-0.15, -0.1) is 0 Å². The van der Waals surface area contributed by atoms with Crippen LogP contribution in [0.25, 0.3) is 0 Å². The van der Waals surface area contributed by atoms with Crippen molar-refractivity contribution in [3.63, 3.8) is 0 Å². The lowest BCUT2D eigenvalue weighted by atomic mass is 9.75. The molecule has 0 aliphatic carbocycles. The van der Waals surface area contributed by atoms with E-state index in [0.717, 1.165) is 19.5 Å². The van der Waals surface area contributed by atoms with Crippen molar-refractivity contribution in [3.8, 4) is 0 Å². The molecule has 0 aromatic carbocycles. The van der Waals surface area contributed by atoms with Gasteiger partial charge < -0.3 is 10.0 Å². The number of hydrogen-bond donors (Lipinski definition) is 1. The van der Waals surface area contributed by atoms with Gasteiger partial charge in [0.2, 0.25) is 0 Å². The highest BCUT2D eigenvalue weighted by molar-refractivity contribution is 4.84. The number of aliphatic hydroxyl groups is 1. The third-order valence-electron chi connectivity index (χ3n) is 3.32. The summed E-state index contributed by atoms with van der Waals surface area (Å²) in [7, 11) is 2.20. The van der Waals surface area contributed by atoms with Gasteiger partial charge in [-0.3, -0.25) is 0 Å². The van der Waals surface area contributed by atoms with Gasteiger partial charge in [0.05, 0.1) is 5.60 Å². The molecule has 0 fully saturated rings. The minimum atomic E-state index is -0.592. The Labute approximate surface area is 127 Å². The highest BCUT2D eigenvalue weighted by atomic mass is 16.3. The van der Waals surface area contributed by atoms with E-state index in [4.69, 9.17) is 0 Å². The quantitative estimate of drug-likeness (QED) is 0.741. The van der Waals surface area contributed by atoms with Crippen molar-refractivity contribution in [3.05, 3.63) is 0 Å². The standard InChI is InChI=1S/C18H39NO/c1-15(2,3)11-16(4,5)13-19(10)14-17(6,7)12-18(8,9)20/h20H,11-14H2,1-10H3. The molecule has 0 bridgehead atoms. The molecule has 2 nitrogen and oxygen atoms in total. The van der Waals surface area contributed by atoms with Crippen LogP contribution in [0.4, 0.5) is 0 Å². The fourth-order valence-electron chi connectivity index (χ4n) is 4.24. The summed E-state index contributed by atoms with van der Waals surface area (Å²) >= 11 is 0. The Morgan fingerprint density at radius 3 is 1.35 bits per heavy atom. The zero-order valence-corrected chi connectivity index (χ0v) is 15.7. The molecule has 0 aromatic heterocycles. The smallest absolute Gasteiger partial charge is 0.0597 e. The van der Waals surface area contributed by atoms with E-state index < -0.39 is 5.60 Å². The molecule has 0 saturated heterocycles. The number of nitrogens with zero attached hydrogens (tertiary/aromatic N) is 1. The zero-order chi connectivity index (χ0) is 16.4. The summed E-state index contributed by atoms with van der Waals surface area (Å²) in [6, 6.07) is 0. The Morgan fingerprint density at radius 1 is 0.700 bits per heavy atom. The summed E-state index contributed by atoms with van der Waals surface area (Å²) in [6.45, 7) is 22.1. The fourth-order valence-corrected chi connectivity index (χ4v) is 4.24. The largest absolute Gasteiger partial charge is 0.390 e. The van der Waals surface area contributed by atoms with Gasteiger partial charge in [0.15, 0.2) is 0 Å². The van der Waals surface area contributed by atoms with Gasteiger partial charge in [-0.25, -0.2) is 0 Å². The van der Waals surface area contributed by atoms with Crippen LogP contribution >= 0.6 is 0 Å². The predicted octanol–water partition coefficient (Wildman–Crippen LogP) is 4.57. The third-order valence-corrected chi connectivity index (χ3v) is 3.32. The minimum Gasteiger partial charge on any atom is -0.390 e. The van der Waals surface area contributed by atoms with E-state index in [2.05, 4.69) is 60.4 Å². The molecule has 0 radical (unpaired) electrons. The molecule has 0 rings (SSSR count). The first kappa shape index (κ1) is 19.9. The van der Waals surface area contributed by atoms with Gasteiger partial charge in [0, 0.05) is 13.1 Å². The zero-order valence-electron chi connectivity index (χ0n) is 15.7. The topological polar surface area (TPSA) is 23.5 Å². The van der Waals surface area contributed by atoms with Crippen LogP contribution < -0.4 is 0 Å². The van der Waals surface area contributed by atoms with Crippen LogP contribution in [-0.2, 0) is 0 Å². The molecular weight excluding hydrogens is 246 g/mol. The van der Waals surface area contributed by atoms with Crippen LogP contribution in [0.2, 0.25) is 0 Å². The molecule has 0 aliphatic rings. The first-order valence-corrected chi connectivity index (χ1v) is 7.92. The Morgan fingerprint density at radius 2 is 1.05 bits per heavy atom. The lowest BCUT2D eigenvalue weighted by molar-refractivity contribution is 0.0171. The predicted molar refractivity (Wildman–Crippen MR) is 90.0 cm³/mol. The monoisotopic (exact) mass is 285 g/mol. The molecule has 0 unspecified atom stereocenters. The van der Waals surface area contributed by atoms with Crippen molar-refractivity contribution in [1.29, 1.82) is 0 Å². The van der Waals surface area contributed by atoms with Crippen LogP contribution in [0.15, 0.2) is 0 Å². The van der Waals surface area contributed by atoms with E-state index in [-0.39, 0.29) is 5.41 Å². The second kappa shape index (κ2) is 6.36. The highest BCUT2D eigenvalue weighted by Gasteiger charge is 2.31. The Kier molecular flexibility index (Phi) is 6.33. The molecule has 1 N–H and O–H groups in total. The SMILES string of the molecule is CN(CC(C)(C)CC(C)(C)C)CC(C)(C)CC(C)(C)O. The van der Waals surface area contributed by atoms with E-state index in [1.165, 1.54) is 6.42 Å². The highest BCUT2D eigenvalue weighted by Crippen LogP contribution is 2.35. The van der Waals surface area contributed by atoms with Crippen molar-refractivity contribution < 1.29 is 5.11 Å². The second-order valence-corrected chi connectivity index (χ2v) is 10.2. The number of hydrogen-bond acceptors (Lipinski definition) is 2. The van der Waals surface area contributed by atoms with Crippen molar-refractivity contribution in [2.45, 2.75) is 80.8 Å². The first-order chi connectivity index (χ1) is 8.52. The van der Waals surface area contributed by atoms with E-state index in [0.29, 0.717) is 10.8 Å². The van der Waals surface area contributed by atoms with Crippen LogP contribution in [-0.4, -0.2) is 35.7 Å². The normalized spacial score (nSPS) is 15.0. The maximum atomic E-state index is 10.0. The lowest BCUT2D eigenvalue weighted by Gasteiger charge is -2.39. The van der Waals surface area contributed by atoms with Gasteiger partial charge >= 0.3 is 0 Å². The molecule has 0 aliphatic heterocycles. The fraction of sp³-hybridized carbons (Fsp3) is 1.00. The van der Waals surface area contributed by atoms with E-state index in [1.54, 1.807) is 0 Å². The summed E-state index contributed by atoms with van der Waals surface area (Å²) in [5.74, 6) is 0. The molecular formula is C18H39NO. The summed E-state index contributed by atoms with van der Waals surface area (Å²) in [6.07, 6.45) is 2.04. The second-order valence-electron chi connectivity index (χ2n) is 10.2. The van der Waals surface area contributed by atoms with Gasteiger partial charge in [-0.05, 0) is 50.0 Å². The first-order valence-electron chi connectivity index (χ1n) is 7.92. The summed E-state index contributed by atoms with van der Waals surface area (Å²) in [4.78, 5) is 2.43. The molecule has 2 heteroatoms. The van der Waals surface area contributed by atoms with Crippen molar-refractivity contribution in [1.82, 2.24) is 4.90 Å². The molecule has 122 valence electrons. The lowest BCUT2D eigenvalue weighted by Crippen LogP contribution is -2.41. The van der Waals surface area contributed by atoms with Gasteiger partial charge in [-0.2, -0.15) is 0 Å². The van der Waals surface area contributed by atoms with Crippen LogP contribution in [0, 0.1) is 16.2 Å². The van der Waals surface area contributed by atoms with Gasteiger partial charge in [0.25, 0.3) is 0 Å². The molecule has 20 heavy (non-hydrogen) atoms. The number of rotatable bonds is 7.